The Balaban J connectivity index is 1.60. The second kappa shape index (κ2) is 7.00. The Morgan fingerprint density at radius 1 is 1.20 bits per heavy atom. The first-order valence-electron chi connectivity index (χ1n) is 7.65. The highest BCUT2D eigenvalue weighted by Gasteiger charge is 2.31. The SMILES string of the molecule is O=C(Nc1ccc(OC(F)(F)F)cc1)c1ccnc(OCC2CC2)c1. The number of alkyl halides is 3. The summed E-state index contributed by atoms with van der Waals surface area (Å²) in [5.41, 5.74) is 0.688. The Morgan fingerprint density at radius 3 is 2.56 bits per heavy atom. The van der Waals surface area contributed by atoms with Crippen molar-refractivity contribution in [2.45, 2.75) is 19.2 Å². The van der Waals surface area contributed by atoms with Crippen LogP contribution in [-0.4, -0.2) is 23.9 Å². The Kier molecular flexibility index (Phi) is 4.78. The van der Waals surface area contributed by atoms with Gasteiger partial charge < -0.3 is 14.8 Å². The molecule has 1 aliphatic carbocycles. The van der Waals surface area contributed by atoms with Crippen molar-refractivity contribution < 1.29 is 27.4 Å². The lowest BCUT2D eigenvalue weighted by Crippen LogP contribution is -2.17. The maximum Gasteiger partial charge on any atom is 0.573 e. The minimum atomic E-state index is -4.75. The molecule has 5 nitrogen and oxygen atoms in total. The molecule has 0 unspecified atom stereocenters. The van der Waals surface area contributed by atoms with Crippen molar-refractivity contribution >= 4 is 11.6 Å². The standard InChI is InChI=1S/C17H15F3N2O3/c18-17(19,20)25-14-5-3-13(4-6-14)22-16(23)12-7-8-21-15(9-12)24-10-11-1-2-11/h3-9,11H,1-2,10H2,(H,22,23). The number of carbonyl (C=O) groups excluding carboxylic acids is 1. The van der Waals surface area contributed by atoms with Crippen LogP contribution in [0.15, 0.2) is 42.6 Å². The summed E-state index contributed by atoms with van der Waals surface area (Å²) in [5, 5.41) is 2.59. The summed E-state index contributed by atoms with van der Waals surface area (Å²) < 4.78 is 45.6. The number of amides is 1. The second-order valence-electron chi connectivity index (χ2n) is 5.66. The molecule has 1 heterocycles. The molecule has 1 aromatic carbocycles. The predicted molar refractivity (Wildman–Crippen MR) is 83.5 cm³/mol. The van der Waals surface area contributed by atoms with Crippen molar-refractivity contribution in [2.75, 3.05) is 11.9 Å². The van der Waals surface area contributed by atoms with Crippen LogP contribution < -0.4 is 14.8 Å². The maximum absolute atomic E-state index is 12.2. The van der Waals surface area contributed by atoms with Gasteiger partial charge in [0, 0.05) is 23.5 Å². The highest BCUT2D eigenvalue weighted by Crippen LogP contribution is 2.29. The lowest BCUT2D eigenvalue weighted by Gasteiger charge is -2.10. The number of pyridine rings is 1. The van der Waals surface area contributed by atoms with Gasteiger partial charge in [-0.15, -0.1) is 13.2 Å². The fourth-order valence-electron chi connectivity index (χ4n) is 2.06. The molecule has 8 heteroatoms. The molecule has 1 N–H and O–H groups in total. The lowest BCUT2D eigenvalue weighted by molar-refractivity contribution is -0.274. The van der Waals surface area contributed by atoms with E-state index in [0.29, 0.717) is 29.7 Å². The van der Waals surface area contributed by atoms with Crippen molar-refractivity contribution in [1.29, 1.82) is 0 Å². The first kappa shape index (κ1) is 17.1. The van der Waals surface area contributed by atoms with Crippen molar-refractivity contribution in [3.05, 3.63) is 48.2 Å². The molecule has 1 aliphatic rings. The topological polar surface area (TPSA) is 60.5 Å². The summed E-state index contributed by atoms with van der Waals surface area (Å²) >= 11 is 0. The van der Waals surface area contributed by atoms with Crippen molar-refractivity contribution in [1.82, 2.24) is 4.98 Å². The largest absolute Gasteiger partial charge is 0.573 e. The van der Waals surface area contributed by atoms with E-state index in [1.54, 1.807) is 0 Å². The molecule has 0 aliphatic heterocycles. The van der Waals surface area contributed by atoms with Gasteiger partial charge in [0.05, 0.1) is 6.61 Å². The number of nitrogens with zero attached hydrogens (tertiary/aromatic N) is 1. The molecule has 0 spiro atoms. The van der Waals surface area contributed by atoms with E-state index in [2.05, 4.69) is 15.0 Å². The molecule has 1 amide bonds. The first-order valence-corrected chi connectivity index (χ1v) is 7.65. The molecule has 0 bridgehead atoms. The van der Waals surface area contributed by atoms with Gasteiger partial charge in [-0.25, -0.2) is 4.98 Å². The van der Waals surface area contributed by atoms with Gasteiger partial charge in [-0.05, 0) is 49.1 Å². The van der Waals surface area contributed by atoms with Gasteiger partial charge in [-0.3, -0.25) is 4.79 Å². The second-order valence-corrected chi connectivity index (χ2v) is 5.66. The molecule has 25 heavy (non-hydrogen) atoms. The van der Waals surface area contributed by atoms with Crippen LogP contribution in [0.5, 0.6) is 11.6 Å². The average Bonchev–Trinajstić information content (AvgIpc) is 3.38. The van der Waals surface area contributed by atoms with Crippen LogP contribution in [0.4, 0.5) is 18.9 Å². The number of aromatic nitrogens is 1. The van der Waals surface area contributed by atoms with Crippen LogP contribution in [0.25, 0.3) is 0 Å². The molecule has 0 saturated heterocycles. The smallest absolute Gasteiger partial charge is 0.477 e. The summed E-state index contributed by atoms with van der Waals surface area (Å²) in [7, 11) is 0. The quantitative estimate of drug-likeness (QED) is 0.853. The molecule has 1 fully saturated rings. The van der Waals surface area contributed by atoms with E-state index in [1.165, 1.54) is 30.5 Å². The molecular formula is C17H15F3N2O3. The number of benzene rings is 1. The minimum absolute atomic E-state index is 0.344. The Bertz CT molecular complexity index is 744. The van der Waals surface area contributed by atoms with Gasteiger partial charge in [0.1, 0.15) is 5.75 Å². The third kappa shape index (κ3) is 5.37. The van der Waals surface area contributed by atoms with Crippen LogP contribution in [0.1, 0.15) is 23.2 Å². The van der Waals surface area contributed by atoms with E-state index >= 15 is 0 Å². The number of ether oxygens (including phenoxy) is 2. The van der Waals surface area contributed by atoms with Crippen molar-refractivity contribution in [3.8, 4) is 11.6 Å². The number of hydrogen-bond acceptors (Lipinski definition) is 4. The van der Waals surface area contributed by atoms with Crippen LogP contribution in [0.2, 0.25) is 0 Å². The van der Waals surface area contributed by atoms with E-state index in [9.17, 15) is 18.0 Å². The van der Waals surface area contributed by atoms with E-state index in [1.807, 2.05) is 0 Å². The monoisotopic (exact) mass is 352 g/mol. The Labute approximate surface area is 141 Å². The molecule has 2 aromatic rings. The van der Waals surface area contributed by atoms with Gasteiger partial charge in [0.2, 0.25) is 5.88 Å². The summed E-state index contributed by atoms with van der Waals surface area (Å²) in [6, 6.07) is 7.95. The van der Waals surface area contributed by atoms with Crippen molar-refractivity contribution in [3.63, 3.8) is 0 Å². The van der Waals surface area contributed by atoms with E-state index in [0.717, 1.165) is 25.0 Å². The molecule has 0 radical (unpaired) electrons. The van der Waals surface area contributed by atoms with Gasteiger partial charge in [-0.1, -0.05) is 0 Å². The molecule has 3 rings (SSSR count). The third-order valence-electron chi connectivity index (χ3n) is 3.51. The van der Waals surface area contributed by atoms with E-state index in [-0.39, 0.29) is 5.75 Å². The van der Waals surface area contributed by atoms with Crippen LogP contribution >= 0.6 is 0 Å². The highest BCUT2D eigenvalue weighted by atomic mass is 19.4. The molecule has 132 valence electrons. The van der Waals surface area contributed by atoms with Gasteiger partial charge in [0.25, 0.3) is 5.91 Å². The predicted octanol–water partition coefficient (Wildman–Crippen LogP) is 4.02. The number of nitrogens with one attached hydrogen (secondary N) is 1. The first-order chi connectivity index (χ1) is 11.9. The van der Waals surface area contributed by atoms with Crippen LogP contribution in [0, 0.1) is 5.92 Å². The normalized spacial score (nSPS) is 14.0. The van der Waals surface area contributed by atoms with E-state index in [4.69, 9.17) is 4.74 Å². The van der Waals surface area contributed by atoms with Gasteiger partial charge in [-0.2, -0.15) is 0 Å². The minimum Gasteiger partial charge on any atom is -0.477 e. The van der Waals surface area contributed by atoms with Gasteiger partial charge in [0.15, 0.2) is 0 Å². The zero-order chi connectivity index (χ0) is 17.9. The maximum atomic E-state index is 12.2. The summed E-state index contributed by atoms with van der Waals surface area (Å²) in [6.07, 6.45) is -0.988. The Hall–Kier alpha value is -2.77. The molecular weight excluding hydrogens is 337 g/mol. The number of carbonyl (C=O) groups is 1. The van der Waals surface area contributed by atoms with E-state index < -0.39 is 12.3 Å². The fraction of sp³-hybridized carbons (Fsp3) is 0.294. The zero-order valence-corrected chi connectivity index (χ0v) is 13.0. The summed E-state index contributed by atoms with van der Waals surface area (Å²) in [4.78, 5) is 16.3. The van der Waals surface area contributed by atoms with Gasteiger partial charge >= 0.3 is 6.36 Å². The lowest BCUT2D eigenvalue weighted by atomic mass is 10.2. The van der Waals surface area contributed by atoms with Crippen LogP contribution in [-0.2, 0) is 0 Å². The number of halogens is 3. The zero-order valence-electron chi connectivity index (χ0n) is 13.0. The highest BCUT2D eigenvalue weighted by molar-refractivity contribution is 6.04. The molecule has 1 aromatic heterocycles. The number of rotatable bonds is 6. The fourth-order valence-corrected chi connectivity index (χ4v) is 2.06. The third-order valence-corrected chi connectivity index (χ3v) is 3.51. The molecule has 1 saturated carbocycles. The average molecular weight is 352 g/mol. The Morgan fingerprint density at radius 2 is 1.92 bits per heavy atom. The summed E-state index contributed by atoms with van der Waals surface area (Å²) in [6.45, 7) is 0.582. The van der Waals surface area contributed by atoms with Crippen molar-refractivity contribution in [2.24, 2.45) is 5.92 Å². The number of hydrogen-bond donors (Lipinski definition) is 1. The number of anilines is 1. The summed E-state index contributed by atoms with van der Waals surface area (Å²) in [5.74, 6) is 0.165. The van der Waals surface area contributed by atoms with Crippen LogP contribution in [0.3, 0.4) is 0 Å². The molecule has 0 atom stereocenters.